The van der Waals surface area contributed by atoms with Crippen LogP contribution in [0.2, 0.25) is 0 Å². The standard InChI is InChI=1S/C41H35N2O4S2/c1-43-35-9-5-7-11-39(35)49-41(43)23-19-31-17-21-33(25-37(31)45-3)47-27-29-14-12-28(13-15-29)26-46-32-20-16-30(36(24-32)44-2)18-22-40-42-34-8-4-6-10-38(34)48-40/h4-25H,26-27H2,1-3H3/q+1/p+1/b22-18+,23-19+. The van der Waals surface area contributed by atoms with Gasteiger partial charge in [-0.15, -0.1) is 0 Å². The minimum Gasteiger partial charge on any atom is -0.496 e. The summed E-state index contributed by atoms with van der Waals surface area (Å²) in [5.41, 5.74) is 6.47. The molecule has 0 fully saturated rings. The summed E-state index contributed by atoms with van der Waals surface area (Å²) in [6.07, 6.45) is 8.35. The van der Waals surface area contributed by atoms with Gasteiger partial charge in [0.25, 0.3) is 10.0 Å². The monoisotopic (exact) mass is 684 g/mol. The highest BCUT2D eigenvalue weighted by molar-refractivity contribution is 7.19. The summed E-state index contributed by atoms with van der Waals surface area (Å²) in [5.74, 6) is 3.02. The van der Waals surface area contributed by atoms with Gasteiger partial charge in [0, 0.05) is 47.5 Å². The van der Waals surface area contributed by atoms with Crippen LogP contribution in [0.25, 0.3) is 44.7 Å². The number of thiazole rings is 2. The van der Waals surface area contributed by atoms with Crippen molar-refractivity contribution in [2.75, 3.05) is 14.2 Å². The number of aryl methyl sites for hydroxylation is 1. The van der Waals surface area contributed by atoms with Gasteiger partial charge >= 0.3 is 0 Å². The van der Waals surface area contributed by atoms with Crippen LogP contribution in [0, 0.1) is 0 Å². The minimum atomic E-state index is 0.446. The van der Waals surface area contributed by atoms with Crippen LogP contribution in [0.1, 0.15) is 32.3 Å². The van der Waals surface area contributed by atoms with Gasteiger partial charge in [-0.3, -0.25) is 0 Å². The maximum atomic E-state index is 6.12. The van der Waals surface area contributed by atoms with Crippen molar-refractivity contribution >= 4 is 67.4 Å². The van der Waals surface area contributed by atoms with E-state index in [2.05, 4.69) is 108 Å². The number of para-hydroxylation sites is 2. The van der Waals surface area contributed by atoms with E-state index in [1.165, 1.54) is 19.9 Å². The number of nitrogens with zero attached hydrogens (tertiary/aromatic N) is 1. The Labute approximate surface area is 293 Å². The van der Waals surface area contributed by atoms with E-state index < -0.39 is 0 Å². The van der Waals surface area contributed by atoms with Crippen LogP contribution in [0.15, 0.2) is 109 Å². The Kier molecular flexibility index (Phi) is 9.68. The number of aromatic nitrogens is 2. The lowest BCUT2D eigenvalue weighted by molar-refractivity contribution is -0.642. The molecule has 2 aromatic heterocycles. The lowest BCUT2D eigenvalue weighted by atomic mass is 10.1. The van der Waals surface area contributed by atoms with Crippen molar-refractivity contribution in [3.63, 3.8) is 0 Å². The maximum absolute atomic E-state index is 6.12. The summed E-state index contributed by atoms with van der Waals surface area (Å²) in [6.45, 7) is 0.893. The maximum Gasteiger partial charge on any atom is 0.262 e. The smallest absolute Gasteiger partial charge is 0.262 e. The second kappa shape index (κ2) is 14.8. The van der Waals surface area contributed by atoms with Crippen molar-refractivity contribution in [1.82, 2.24) is 0 Å². The van der Waals surface area contributed by atoms with Crippen LogP contribution in [-0.4, -0.2) is 14.2 Å². The van der Waals surface area contributed by atoms with E-state index >= 15 is 0 Å². The summed E-state index contributed by atoms with van der Waals surface area (Å²) in [6, 6.07) is 36.8. The van der Waals surface area contributed by atoms with Crippen molar-refractivity contribution in [2.45, 2.75) is 13.2 Å². The Morgan fingerprint density at radius 2 is 1.18 bits per heavy atom. The van der Waals surface area contributed by atoms with Crippen molar-refractivity contribution in [3.8, 4) is 23.0 Å². The van der Waals surface area contributed by atoms with Crippen LogP contribution in [-0.2, 0) is 20.3 Å². The topological polar surface area (TPSA) is 54.9 Å². The van der Waals surface area contributed by atoms with Gasteiger partial charge in [0.05, 0.1) is 14.2 Å². The van der Waals surface area contributed by atoms with E-state index in [4.69, 9.17) is 18.9 Å². The highest BCUT2D eigenvalue weighted by atomic mass is 32.1. The number of rotatable bonds is 12. The SMILES string of the molecule is COc1cc(OCc2ccc(COc3ccc(/C=C/c4sc5ccccc5[n+]4C)c(OC)c3)cc2)ccc1/C=C/c1[nH+]c2ccccc2s1. The highest BCUT2D eigenvalue weighted by Gasteiger charge is 2.14. The molecule has 7 rings (SSSR count). The minimum absolute atomic E-state index is 0.446. The van der Waals surface area contributed by atoms with Gasteiger partial charge in [-0.1, -0.05) is 71.2 Å². The van der Waals surface area contributed by atoms with Crippen LogP contribution < -0.4 is 28.5 Å². The highest BCUT2D eigenvalue weighted by Crippen LogP contribution is 2.30. The average molecular weight is 685 g/mol. The van der Waals surface area contributed by atoms with E-state index in [1.54, 1.807) is 36.9 Å². The Bertz CT molecular complexity index is 2250. The van der Waals surface area contributed by atoms with Crippen molar-refractivity contribution < 1.29 is 28.5 Å². The number of methoxy groups -OCH3 is 2. The Balaban J connectivity index is 0.932. The van der Waals surface area contributed by atoms with Gasteiger partial charge in [-0.05, 0) is 59.7 Å². The van der Waals surface area contributed by atoms with Crippen molar-refractivity contribution in [2.24, 2.45) is 7.05 Å². The number of nitrogens with one attached hydrogen (secondary N) is 1. The molecule has 7 aromatic rings. The largest absolute Gasteiger partial charge is 0.496 e. The first-order valence-electron chi connectivity index (χ1n) is 15.9. The van der Waals surface area contributed by atoms with Gasteiger partial charge < -0.3 is 18.9 Å². The Morgan fingerprint density at radius 3 is 1.78 bits per heavy atom. The number of hydrogen-bond acceptors (Lipinski definition) is 6. The summed E-state index contributed by atoms with van der Waals surface area (Å²) in [4.78, 5) is 3.44. The molecule has 0 aliphatic rings. The third-order valence-electron chi connectivity index (χ3n) is 8.20. The van der Waals surface area contributed by atoms with Gasteiger partial charge in [0.1, 0.15) is 52.7 Å². The van der Waals surface area contributed by atoms with E-state index in [-0.39, 0.29) is 0 Å². The van der Waals surface area contributed by atoms with Gasteiger partial charge in [-0.25, -0.2) is 0 Å². The fourth-order valence-corrected chi connectivity index (χ4v) is 7.47. The van der Waals surface area contributed by atoms with Crippen LogP contribution in [0.3, 0.4) is 0 Å². The van der Waals surface area contributed by atoms with E-state index in [9.17, 15) is 0 Å². The van der Waals surface area contributed by atoms with Gasteiger partial charge in [0.15, 0.2) is 0 Å². The molecule has 0 saturated carbocycles. The zero-order chi connectivity index (χ0) is 33.6. The predicted octanol–water partition coefficient (Wildman–Crippen LogP) is 9.27. The average Bonchev–Trinajstić information content (AvgIpc) is 3.72. The molecule has 6 nitrogen and oxygen atoms in total. The van der Waals surface area contributed by atoms with Crippen LogP contribution in [0.4, 0.5) is 0 Å². The molecule has 244 valence electrons. The third-order valence-corrected chi connectivity index (χ3v) is 10.4. The van der Waals surface area contributed by atoms with E-state index in [1.807, 2.05) is 42.5 Å². The van der Waals surface area contributed by atoms with Gasteiger partial charge in [-0.2, -0.15) is 9.55 Å². The second-order valence-corrected chi connectivity index (χ2v) is 13.6. The molecule has 0 saturated heterocycles. The molecule has 0 unspecified atom stereocenters. The number of fused-ring (bicyclic) bond motifs is 2. The predicted molar refractivity (Wildman–Crippen MR) is 200 cm³/mol. The molecule has 8 heteroatoms. The first-order valence-corrected chi connectivity index (χ1v) is 17.5. The number of hydrogen-bond donors (Lipinski definition) is 0. The van der Waals surface area contributed by atoms with Crippen LogP contribution in [0.5, 0.6) is 23.0 Å². The first kappa shape index (κ1) is 32.1. The molecular weight excluding hydrogens is 649 g/mol. The van der Waals surface area contributed by atoms with Crippen molar-refractivity contribution in [3.05, 3.63) is 141 Å². The fourth-order valence-electron chi connectivity index (χ4n) is 5.51. The molecule has 0 aliphatic carbocycles. The number of H-pyrrole nitrogens is 1. The second-order valence-electron chi connectivity index (χ2n) is 11.4. The molecule has 2 heterocycles. The van der Waals surface area contributed by atoms with Crippen LogP contribution >= 0.6 is 22.7 Å². The molecule has 0 spiro atoms. The zero-order valence-corrected chi connectivity index (χ0v) is 29.1. The molecule has 0 aliphatic heterocycles. The molecule has 5 aromatic carbocycles. The fraction of sp³-hybridized carbons (Fsp3) is 0.122. The molecule has 0 bridgehead atoms. The summed E-state index contributed by atoms with van der Waals surface area (Å²) < 4.78 is 28.3. The number of ether oxygens (including phenoxy) is 4. The van der Waals surface area contributed by atoms with E-state index in [0.717, 1.165) is 55.8 Å². The van der Waals surface area contributed by atoms with E-state index in [0.29, 0.717) is 13.2 Å². The molecule has 49 heavy (non-hydrogen) atoms. The Hall–Kier alpha value is -5.44. The van der Waals surface area contributed by atoms with Gasteiger partial charge in [0.2, 0.25) is 11.0 Å². The first-order chi connectivity index (χ1) is 24.1. The molecule has 0 atom stereocenters. The molecule has 1 N–H and O–H groups in total. The summed E-state index contributed by atoms with van der Waals surface area (Å²) >= 11 is 3.49. The summed E-state index contributed by atoms with van der Waals surface area (Å²) in [5, 5.41) is 2.25. The quantitative estimate of drug-likeness (QED) is 0.120. The molecular formula is C41H36N2O4S2+2. The lowest BCUT2D eigenvalue weighted by Crippen LogP contribution is -2.28. The van der Waals surface area contributed by atoms with Crippen molar-refractivity contribution in [1.29, 1.82) is 0 Å². The number of aromatic amines is 1. The third kappa shape index (κ3) is 7.51. The summed E-state index contributed by atoms with van der Waals surface area (Å²) in [7, 11) is 5.46. The number of benzene rings is 5. The Morgan fingerprint density at radius 1 is 0.612 bits per heavy atom. The normalized spacial score (nSPS) is 11.6. The zero-order valence-electron chi connectivity index (χ0n) is 27.5. The molecule has 0 amide bonds. The molecule has 0 radical (unpaired) electrons. The lowest BCUT2D eigenvalue weighted by Gasteiger charge is -2.12.